The molecule has 0 radical (unpaired) electrons. The molecule has 0 spiro atoms. The third-order valence-electron chi connectivity index (χ3n) is 3.51. The molecule has 0 saturated heterocycles. The van der Waals surface area contributed by atoms with E-state index in [0.717, 1.165) is 24.0 Å². The second-order valence-electron chi connectivity index (χ2n) is 4.96. The first-order chi connectivity index (χ1) is 9.72. The van der Waals surface area contributed by atoms with Crippen LogP contribution in [0, 0.1) is 11.3 Å². The van der Waals surface area contributed by atoms with Crippen molar-refractivity contribution < 1.29 is 0 Å². The highest BCUT2D eigenvalue weighted by atomic mass is 35.5. The Bertz CT molecular complexity index is 604. The Hall–Kier alpha value is -1.85. The normalized spacial score (nSPS) is 13.4. The van der Waals surface area contributed by atoms with E-state index in [9.17, 15) is 5.26 Å². The molecule has 2 rings (SSSR count). The minimum absolute atomic E-state index is 0.587. The van der Waals surface area contributed by atoms with Gasteiger partial charge in [-0.2, -0.15) is 5.26 Å². The molecule has 1 heterocycles. The number of benzene rings is 1. The van der Waals surface area contributed by atoms with Gasteiger partial charge in [0.05, 0.1) is 11.5 Å². The lowest BCUT2D eigenvalue weighted by molar-refractivity contribution is 0.492. The molecular weight excluding hydrogens is 268 g/mol. The summed E-state index contributed by atoms with van der Waals surface area (Å²) in [4.78, 5) is 4.14. The molecule has 2 aromatic rings. The molecule has 1 unspecified atom stereocenters. The van der Waals surface area contributed by atoms with Gasteiger partial charge in [-0.15, -0.1) is 0 Å². The first-order valence-electron chi connectivity index (χ1n) is 6.77. The van der Waals surface area contributed by atoms with Crippen LogP contribution >= 0.6 is 11.6 Å². The molecule has 0 aliphatic rings. The summed E-state index contributed by atoms with van der Waals surface area (Å²) in [5.74, 6) is 0. The molecular formula is C17H17ClN2. The molecule has 0 amide bonds. The molecule has 102 valence electrons. The highest BCUT2D eigenvalue weighted by Gasteiger charge is 2.33. The van der Waals surface area contributed by atoms with Gasteiger partial charge in [0.25, 0.3) is 0 Å². The summed E-state index contributed by atoms with van der Waals surface area (Å²) in [5.41, 5.74) is 1.38. The van der Waals surface area contributed by atoms with Crippen LogP contribution in [0.4, 0.5) is 0 Å². The van der Waals surface area contributed by atoms with Gasteiger partial charge in [0, 0.05) is 17.4 Å². The van der Waals surface area contributed by atoms with Gasteiger partial charge in [-0.05, 0) is 36.1 Å². The van der Waals surface area contributed by atoms with Crippen LogP contribution in [-0.2, 0) is 11.8 Å². The molecule has 0 N–H and O–H groups in total. The summed E-state index contributed by atoms with van der Waals surface area (Å²) < 4.78 is 0. The zero-order valence-corrected chi connectivity index (χ0v) is 12.3. The predicted molar refractivity (Wildman–Crippen MR) is 81.6 cm³/mol. The summed E-state index contributed by atoms with van der Waals surface area (Å²) in [5, 5.41) is 10.5. The fraction of sp³-hybridized carbons (Fsp3) is 0.294. The van der Waals surface area contributed by atoms with E-state index in [4.69, 9.17) is 11.6 Å². The Morgan fingerprint density at radius 1 is 1.25 bits per heavy atom. The van der Waals surface area contributed by atoms with Crippen LogP contribution in [0.3, 0.4) is 0 Å². The van der Waals surface area contributed by atoms with Crippen molar-refractivity contribution in [1.82, 2.24) is 4.98 Å². The molecule has 3 heteroatoms. The summed E-state index contributed by atoms with van der Waals surface area (Å²) in [6, 6.07) is 14.0. The number of pyridine rings is 1. The number of halogens is 1. The minimum atomic E-state index is -0.587. The monoisotopic (exact) mass is 284 g/mol. The summed E-state index contributed by atoms with van der Waals surface area (Å²) in [6.07, 6.45) is 5.90. The summed E-state index contributed by atoms with van der Waals surface area (Å²) in [6.45, 7) is 2.09. The van der Waals surface area contributed by atoms with Crippen molar-refractivity contribution in [3.05, 3.63) is 64.9 Å². The largest absolute Gasteiger partial charge is 0.264 e. The molecule has 1 aromatic heterocycles. The van der Waals surface area contributed by atoms with Crippen molar-refractivity contribution in [2.75, 3.05) is 0 Å². The van der Waals surface area contributed by atoms with Crippen LogP contribution < -0.4 is 0 Å². The second kappa shape index (κ2) is 6.54. The van der Waals surface area contributed by atoms with Crippen LogP contribution in [-0.4, -0.2) is 4.98 Å². The molecule has 0 aliphatic heterocycles. The van der Waals surface area contributed by atoms with E-state index in [1.54, 1.807) is 6.20 Å². The molecule has 20 heavy (non-hydrogen) atoms. The zero-order valence-electron chi connectivity index (χ0n) is 11.5. The summed E-state index contributed by atoms with van der Waals surface area (Å²) in [7, 11) is 0. The van der Waals surface area contributed by atoms with Gasteiger partial charge < -0.3 is 0 Å². The van der Waals surface area contributed by atoms with Crippen molar-refractivity contribution in [3.8, 4) is 6.07 Å². The quantitative estimate of drug-likeness (QED) is 0.808. The Kier molecular flexibility index (Phi) is 4.76. The number of nitriles is 1. The van der Waals surface area contributed by atoms with Gasteiger partial charge in [0.15, 0.2) is 0 Å². The maximum atomic E-state index is 9.82. The first kappa shape index (κ1) is 14.6. The third kappa shape index (κ3) is 3.00. The molecule has 2 nitrogen and oxygen atoms in total. The highest BCUT2D eigenvalue weighted by molar-refractivity contribution is 6.31. The van der Waals surface area contributed by atoms with Gasteiger partial charge in [0.1, 0.15) is 0 Å². The van der Waals surface area contributed by atoms with E-state index >= 15 is 0 Å². The molecule has 0 saturated carbocycles. The smallest absolute Gasteiger partial charge is 0.0877 e. The Morgan fingerprint density at radius 2 is 2.05 bits per heavy atom. The van der Waals surface area contributed by atoms with E-state index < -0.39 is 5.41 Å². The maximum absolute atomic E-state index is 9.82. The SMILES string of the molecule is CCCC(C#N)(Cc1cccnc1)c1ccccc1Cl. The molecule has 0 bridgehead atoms. The molecule has 0 fully saturated rings. The lowest BCUT2D eigenvalue weighted by atomic mass is 9.74. The highest BCUT2D eigenvalue weighted by Crippen LogP contribution is 2.36. The standard InChI is InChI=1S/C17H17ClN2/c1-2-9-17(13-19,11-14-6-5-10-20-12-14)15-7-3-4-8-16(15)18/h3-8,10,12H,2,9,11H2,1H3. The van der Waals surface area contributed by atoms with E-state index in [1.807, 2.05) is 42.6 Å². The van der Waals surface area contributed by atoms with Gasteiger partial charge in [-0.1, -0.05) is 49.2 Å². The van der Waals surface area contributed by atoms with Crippen LogP contribution in [0.2, 0.25) is 5.02 Å². The average Bonchev–Trinajstić information content (AvgIpc) is 2.48. The van der Waals surface area contributed by atoms with Gasteiger partial charge >= 0.3 is 0 Å². The summed E-state index contributed by atoms with van der Waals surface area (Å²) >= 11 is 6.32. The minimum Gasteiger partial charge on any atom is -0.264 e. The fourth-order valence-electron chi connectivity index (χ4n) is 2.60. The first-order valence-corrected chi connectivity index (χ1v) is 7.15. The molecule has 0 aliphatic carbocycles. The Labute approximate surface area is 125 Å². The Morgan fingerprint density at radius 3 is 2.65 bits per heavy atom. The number of rotatable bonds is 5. The maximum Gasteiger partial charge on any atom is 0.0877 e. The van der Waals surface area contributed by atoms with Crippen molar-refractivity contribution in [2.24, 2.45) is 0 Å². The fourth-order valence-corrected chi connectivity index (χ4v) is 2.92. The van der Waals surface area contributed by atoms with E-state index in [1.165, 1.54) is 0 Å². The molecule has 1 atom stereocenters. The predicted octanol–water partition coefficient (Wildman–Crippen LogP) is 4.54. The lowest BCUT2D eigenvalue weighted by Crippen LogP contribution is -2.27. The van der Waals surface area contributed by atoms with E-state index in [-0.39, 0.29) is 0 Å². The zero-order chi connectivity index (χ0) is 14.4. The number of hydrogen-bond acceptors (Lipinski definition) is 2. The Balaban J connectivity index is 2.46. The average molecular weight is 285 g/mol. The number of nitrogens with zero attached hydrogens (tertiary/aromatic N) is 2. The van der Waals surface area contributed by atoms with Crippen LogP contribution in [0.1, 0.15) is 30.9 Å². The van der Waals surface area contributed by atoms with Crippen molar-refractivity contribution >= 4 is 11.6 Å². The van der Waals surface area contributed by atoms with Gasteiger partial charge in [-0.25, -0.2) is 0 Å². The van der Waals surface area contributed by atoms with Crippen LogP contribution in [0.15, 0.2) is 48.8 Å². The second-order valence-corrected chi connectivity index (χ2v) is 5.37. The van der Waals surface area contributed by atoms with Gasteiger partial charge in [-0.3, -0.25) is 4.98 Å². The third-order valence-corrected chi connectivity index (χ3v) is 3.84. The topological polar surface area (TPSA) is 36.7 Å². The van der Waals surface area contributed by atoms with E-state index in [0.29, 0.717) is 11.4 Å². The lowest BCUT2D eigenvalue weighted by Gasteiger charge is -2.27. The van der Waals surface area contributed by atoms with Crippen molar-refractivity contribution in [1.29, 1.82) is 5.26 Å². The van der Waals surface area contributed by atoms with E-state index in [2.05, 4.69) is 18.0 Å². The van der Waals surface area contributed by atoms with Crippen molar-refractivity contribution in [3.63, 3.8) is 0 Å². The number of aromatic nitrogens is 1. The number of hydrogen-bond donors (Lipinski definition) is 0. The van der Waals surface area contributed by atoms with Crippen molar-refractivity contribution in [2.45, 2.75) is 31.6 Å². The van der Waals surface area contributed by atoms with Crippen LogP contribution in [0.25, 0.3) is 0 Å². The van der Waals surface area contributed by atoms with Crippen LogP contribution in [0.5, 0.6) is 0 Å². The van der Waals surface area contributed by atoms with Gasteiger partial charge in [0.2, 0.25) is 0 Å². The molecule has 1 aromatic carbocycles.